The maximum absolute atomic E-state index is 13.3. The lowest BCUT2D eigenvalue weighted by Gasteiger charge is -2.27. The van der Waals surface area contributed by atoms with Gasteiger partial charge in [-0.2, -0.15) is 0 Å². The Morgan fingerprint density at radius 1 is 1.00 bits per heavy atom. The summed E-state index contributed by atoms with van der Waals surface area (Å²) in [6, 6.07) is 14.2. The first-order valence-corrected chi connectivity index (χ1v) is 11.7. The highest BCUT2D eigenvalue weighted by atomic mass is 35.5. The van der Waals surface area contributed by atoms with Gasteiger partial charge in [0.05, 0.1) is 22.3 Å². The quantitative estimate of drug-likeness (QED) is 0.340. The number of nitrogens with zero attached hydrogens (tertiary/aromatic N) is 2. The van der Waals surface area contributed by atoms with Gasteiger partial charge in [0.25, 0.3) is 0 Å². The zero-order valence-corrected chi connectivity index (χ0v) is 20.0. The highest BCUT2D eigenvalue weighted by molar-refractivity contribution is 7.09. The molecule has 0 aliphatic rings. The molecule has 3 amide bonds. The lowest BCUT2D eigenvalue weighted by Crippen LogP contribution is -2.44. The molecule has 1 heterocycles. The zero-order chi connectivity index (χ0) is 23.8. The molecule has 0 aliphatic carbocycles. The van der Waals surface area contributed by atoms with E-state index in [4.69, 9.17) is 23.2 Å². The second-order valence-corrected chi connectivity index (χ2v) is 9.00. The van der Waals surface area contributed by atoms with Crippen molar-refractivity contribution >= 4 is 52.2 Å². The summed E-state index contributed by atoms with van der Waals surface area (Å²) in [7, 11) is 0. The Labute approximate surface area is 206 Å². The van der Waals surface area contributed by atoms with Crippen LogP contribution in [0.5, 0.6) is 0 Å². The monoisotopic (exact) mass is 505 g/mol. The SMILES string of the molecule is C=CCN(CC(=O)N(Cc1ccc(F)cc1)Cc1cccs1)C(=O)Nc1c(Cl)cccc1Cl. The zero-order valence-electron chi connectivity index (χ0n) is 17.6. The number of nitrogens with one attached hydrogen (secondary N) is 1. The second kappa shape index (κ2) is 11.8. The van der Waals surface area contributed by atoms with Gasteiger partial charge < -0.3 is 15.1 Å². The Hall–Kier alpha value is -2.87. The minimum Gasteiger partial charge on any atom is -0.332 e. The summed E-state index contributed by atoms with van der Waals surface area (Å²) >= 11 is 13.8. The van der Waals surface area contributed by atoms with E-state index in [1.807, 2.05) is 17.5 Å². The predicted octanol–water partition coefficient (Wildman–Crippen LogP) is 6.44. The molecule has 0 spiro atoms. The van der Waals surface area contributed by atoms with Crippen molar-refractivity contribution in [2.24, 2.45) is 0 Å². The number of hydrogen-bond acceptors (Lipinski definition) is 3. The fourth-order valence-electron chi connectivity index (χ4n) is 3.07. The first-order valence-electron chi connectivity index (χ1n) is 10.0. The maximum atomic E-state index is 13.3. The summed E-state index contributed by atoms with van der Waals surface area (Å²) in [5.74, 6) is -0.614. The van der Waals surface area contributed by atoms with E-state index in [1.165, 1.54) is 34.4 Å². The number of thiophene rings is 1. The smallest absolute Gasteiger partial charge is 0.322 e. The van der Waals surface area contributed by atoms with Crippen LogP contribution in [0.1, 0.15) is 10.4 Å². The van der Waals surface area contributed by atoms with Crippen molar-refractivity contribution < 1.29 is 14.0 Å². The fourth-order valence-corrected chi connectivity index (χ4v) is 4.29. The number of benzene rings is 2. The average Bonchev–Trinajstić information content (AvgIpc) is 3.30. The molecule has 33 heavy (non-hydrogen) atoms. The van der Waals surface area contributed by atoms with Gasteiger partial charge in [-0.3, -0.25) is 4.79 Å². The van der Waals surface area contributed by atoms with Crippen molar-refractivity contribution in [1.82, 2.24) is 9.80 Å². The minimum atomic E-state index is -0.531. The van der Waals surface area contributed by atoms with Crippen LogP contribution >= 0.6 is 34.5 Å². The average molecular weight is 506 g/mol. The molecule has 0 atom stereocenters. The van der Waals surface area contributed by atoms with E-state index >= 15 is 0 Å². The maximum Gasteiger partial charge on any atom is 0.322 e. The number of para-hydroxylation sites is 1. The van der Waals surface area contributed by atoms with Gasteiger partial charge in [-0.25, -0.2) is 9.18 Å². The molecular formula is C24H22Cl2FN3O2S. The molecule has 0 radical (unpaired) electrons. The van der Waals surface area contributed by atoms with Crippen LogP contribution in [-0.2, 0) is 17.9 Å². The molecule has 3 rings (SSSR count). The molecule has 9 heteroatoms. The van der Waals surface area contributed by atoms with Gasteiger partial charge in [0.1, 0.15) is 12.4 Å². The normalized spacial score (nSPS) is 10.5. The van der Waals surface area contributed by atoms with Crippen LogP contribution in [0, 0.1) is 5.82 Å². The van der Waals surface area contributed by atoms with Crippen molar-refractivity contribution in [3.63, 3.8) is 0 Å². The molecule has 172 valence electrons. The van der Waals surface area contributed by atoms with Crippen molar-refractivity contribution in [3.05, 3.63) is 98.9 Å². The molecule has 1 N–H and O–H groups in total. The molecule has 0 saturated heterocycles. The summed E-state index contributed by atoms with van der Waals surface area (Å²) < 4.78 is 13.3. The van der Waals surface area contributed by atoms with Crippen molar-refractivity contribution in [2.75, 3.05) is 18.4 Å². The highest BCUT2D eigenvalue weighted by Gasteiger charge is 2.22. The third-order valence-electron chi connectivity index (χ3n) is 4.72. The number of urea groups is 1. The van der Waals surface area contributed by atoms with E-state index in [2.05, 4.69) is 11.9 Å². The Balaban J connectivity index is 1.76. The van der Waals surface area contributed by atoms with Gasteiger partial charge in [-0.1, -0.05) is 53.5 Å². The molecular weight excluding hydrogens is 484 g/mol. The van der Waals surface area contributed by atoms with E-state index in [1.54, 1.807) is 35.2 Å². The third-order valence-corrected chi connectivity index (χ3v) is 6.21. The van der Waals surface area contributed by atoms with Gasteiger partial charge >= 0.3 is 6.03 Å². The number of rotatable bonds is 9. The number of carbonyl (C=O) groups excluding carboxylic acids is 2. The Morgan fingerprint density at radius 3 is 2.30 bits per heavy atom. The summed E-state index contributed by atoms with van der Waals surface area (Å²) in [6.07, 6.45) is 1.53. The topological polar surface area (TPSA) is 52.7 Å². The molecule has 3 aromatic rings. The Kier molecular flexibility index (Phi) is 8.88. The van der Waals surface area contributed by atoms with Crippen molar-refractivity contribution in [1.29, 1.82) is 0 Å². The summed E-state index contributed by atoms with van der Waals surface area (Å²) in [5, 5.41) is 5.18. The van der Waals surface area contributed by atoms with Gasteiger partial charge in [-0.05, 0) is 41.3 Å². The lowest BCUT2D eigenvalue weighted by atomic mass is 10.2. The van der Waals surface area contributed by atoms with Crippen LogP contribution in [0.25, 0.3) is 0 Å². The van der Waals surface area contributed by atoms with Gasteiger partial charge in [0.2, 0.25) is 5.91 Å². The molecule has 0 saturated carbocycles. The predicted molar refractivity (Wildman–Crippen MR) is 132 cm³/mol. The van der Waals surface area contributed by atoms with Crippen LogP contribution in [0.2, 0.25) is 10.0 Å². The van der Waals surface area contributed by atoms with E-state index in [-0.39, 0.29) is 47.1 Å². The van der Waals surface area contributed by atoms with E-state index in [9.17, 15) is 14.0 Å². The summed E-state index contributed by atoms with van der Waals surface area (Å²) in [5.41, 5.74) is 1.05. The largest absolute Gasteiger partial charge is 0.332 e. The summed E-state index contributed by atoms with van der Waals surface area (Å²) in [6.45, 7) is 4.28. The van der Waals surface area contributed by atoms with E-state index < -0.39 is 6.03 Å². The van der Waals surface area contributed by atoms with Crippen molar-refractivity contribution in [3.8, 4) is 0 Å². The molecule has 0 fully saturated rings. The van der Waals surface area contributed by atoms with Crippen LogP contribution in [0.4, 0.5) is 14.9 Å². The van der Waals surface area contributed by atoms with Gasteiger partial charge in [0, 0.05) is 18.0 Å². The number of anilines is 1. The van der Waals surface area contributed by atoms with E-state index in [0.717, 1.165) is 10.4 Å². The number of carbonyl (C=O) groups is 2. The number of halogens is 3. The van der Waals surface area contributed by atoms with Crippen molar-refractivity contribution in [2.45, 2.75) is 13.1 Å². The van der Waals surface area contributed by atoms with Crippen LogP contribution in [0.3, 0.4) is 0 Å². The first-order chi connectivity index (χ1) is 15.9. The molecule has 0 aliphatic heterocycles. The first kappa shape index (κ1) is 24.8. The van der Waals surface area contributed by atoms with E-state index in [0.29, 0.717) is 6.54 Å². The number of amides is 3. The van der Waals surface area contributed by atoms with Crippen LogP contribution in [-0.4, -0.2) is 34.8 Å². The molecule has 1 aromatic heterocycles. The Bertz CT molecular complexity index is 1090. The molecule has 0 bridgehead atoms. The fraction of sp³-hybridized carbons (Fsp3) is 0.167. The number of hydrogen-bond donors (Lipinski definition) is 1. The minimum absolute atomic E-state index is 0.142. The highest BCUT2D eigenvalue weighted by Crippen LogP contribution is 2.30. The molecule has 2 aromatic carbocycles. The van der Waals surface area contributed by atoms with Crippen LogP contribution < -0.4 is 5.32 Å². The summed E-state index contributed by atoms with van der Waals surface area (Å²) in [4.78, 5) is 30.1. The standard InChI is InChI=1S/C24H22Cl2FN3O2S/c1-2-12-29(24(32)28-23-20(25)6-3-7-21(23)26)16-22(31)30(15-19-5-4-13-33-19)14-17-8-10-18(27)11-9-17/h2-11,13H,1,12,14-16H2,(H,28,32). The Morgan fingerprint density at radius 2 is 1.70 bits per heavy atom. The lowest BCUT2D eigenvalue weighted by molar-refractivity contribution is -0.132. The third kappa shape index (κ3) is 7.05. The van der Waals surface area contributed by atoms with Crippen LogP contribution in [0.15, 0.2) is 72.6 Å². The van der Waals surface area contributed by atoms with Gasteiger partial charge in [-0.15, -0.1) is 17.9 Å². The second-order valence-electron chi connectivity index (χ2n) is 7.15. The molecule has 5 nitrogen and oxygen atoms in total. The molecule has 0 unspecified atom stereocenters. The van der Waals surface area contributed by atoms with Gasteiger partial charge in [0.15, 0.2) is 0 Å².